The number of ether oxygens (including phenoxy) is 1. The van der Waals surface area contributed by atoms with Crippen LogP contribution in [0.3, 0.4) is 0 Å². The van der Waals surface area contributed by atoms with Crippen molar-refractivity contribution in [3.8, 4) is 0 Å². The van der Waals surface area contributed by atoms with Gasteiger partial charge in [0.15, 0.2) is 0 Å². The van der Waals surface area contributed by atoms with Crippen molar-refractivity contribution in [2.45, 2.75) is 19.3 Å². The van der Waals surface area contributed by atoms with Gasteiger partial charge in [-0.05, 0) is 41.4 Å². The third-order valence-electron chi connectivity index (χ3n) is 3.57. The highest BCUT2D eigenvalue weighted by atomic mass is 79.9. The lowest BCUT2D eigenvalue weighted by molar-refractivity contribution is 0.134. The summed E-state index contributed by atoms with van der Waals surface area (Å²) in [4.78, 5) is 0. The summed E-state index contributed by atoms with van der Waals surface area (Å²) >= 11 is 3.48. The van der Waals surface area contributed by atoms with Crippen LogP contribution in [-0.4, -0.2) is 7.05 Å². The van der Waals surface area contributed by atoms with Crippen LogP contribution < -0.4 is 5.32 Å². The number of rotatable bonds is 3. The molecule has 0 radical (unpaired) electrons. The molecule has 0 aromatic heterocycles. The van der Waals surface area contributed by atoms with E-state index >= 15 is 0 Å². The number of nitrogens with one attached hydrogen (secondary N) is 1. The van der Waals surface area contributed by atoms with Crippen LogP contribution in [0.15, 0.2) is 46.9 Å². The predicted molar refractivity (Wildman–Crippen MR) is 80.0 cm³/mol. The summed E-state index contributed by atoms with van der Waals surface area (Å²) in [7, 11) is 2.00. The zero-order valence-electron chi connectivity index (χ0n) is 10.8. The van der Waals surface area contributed by atoms with Crippen LogP contribution in [0.2, 0.25) is 0 Å². The van der Waals surface area contributed by atoms with Crippen molar-refractivity contribution in [3.05, 3.63) is 69.2 Å². The number of hydrogen-bond acceptors (Lipinski definition) is 2. The summed E-state index contributed by atoms with van der Waals surface area (Å²) in [6, 6.07) is 15.3. The fourth-order valence-corrected chi connectivity index (χ4v) is 2.82. The normalized spacial score (nSPS) is 15.3. The van der Waals surface area contributed by atoms with Crippen LogP contribution in [-0.2, 0) is 18.0 Å². The Labute approximate surface area is 121 Å². The van der Waals surface area contributed by atoms with Gasteiger partial charge in [0.05, 0.1) is 19.3 Å². The first-order valence-electron chi connectivity index (χ1n) is 6.40. The number of hydrogen-bond donors (Lipinski definition) is 1. The summed E-state index contributed by atoms with van der Waals surface area (Å²) in [5, 5.41) is 3.39. The van der Waals surface area contributed by atoms with Gasteiger partial charge in [-0.15, -0.1) is 0 Å². The zero-order chi connectivity index (χ0) is 13.2. The summed E-state index contributed by atoms with van der Waals surface area (Å²) in [5.74, 6) is 0. The first-order valence-corrected chi connectivity index (χ1v) is 7.19. The van der Waals surface area contributed by atoms with Gasteiger partial charge in [0.2, 0.25) is 0 Å². The Morgan fingerprint density at radius 2 is 1.68 bits per heavy atom. The molecule has 1 N–H and O–H groups in total. The van der Waals surface area contributed by atoms with Crippen LogP contribution in [0.1, 0.15) is 28.3 Å². The van der Waals surface area contributed by atoms with Crippen LogP contribution in [0.25, 0.3) is 0 Å². The van der Waals surface area contributed by atoms with Gasteiger partial charge >= 0.3 is 0 Å². The van der Waals surface area contributed by atoms with E-state index in [9.17, 15) is 0 Å². The van der Waals surface area contributed by atoms with E-state index in [2.05, 4.69) is 63.7 Å². The maximum absolute atomic E-state index is 5.48. The molecule has 0 aliphatic carbocycles. The molecule has 0 amide bonds. The van der Waals surface area contributed by atoms with Gasteiger partial charge in [0.1, 0.15) is 0 Å². The Morgan fingerprint density at radius 1 is 1.00 bits per heavy atom. The second kappa shape index (κ2) is 5.45. The molecule has 1 unspecified atom stereocenters. The minimum atomic E-state index is 0.221. The van der Waals surface area contributed by atoms with Crippen molar-refractivity contribution in [2.75, 3.05) is 7.05 Å². The highest BCUT2D eigenvalue weighted by Crippen LogP contribution is 2.28. The van der Waals surface area contributed by atoms with Gasteiger partial charge in [-0.25, -0.2) is 0 Å². The minimum Gasteiger partial charge on any atom is -0.372 e. The van der Waals surface area contributed by atoms with Crippen molar-refractivity contribution >= 4 is 15.9 Å². The molecule has 1 atom stereocenters. The van der Waals surface area contributed by atoms with E-state index in [1.165, 1.54) is 22.3 Å². The molecule has 1 aliphatic heterocycles. The van der Waals surface area contributed by atoms with Crippen molar-refractivity contribution in [1.82, 2.24) is 5.32 Å². The molecule has 1 heterocycles. The van der Waals surface area contributed by atoms with E-state index in [1.807, 2.05) is 7.05 Å². The van der Waals surface area contributed by atoms with E-state index in [1.54, 1.807) is 0 Å². The van der Waals surface area contributed by atoms with Crippen LogP contribution in [0.5, 0.6) is 0 Å². The van der Waals surface area contributed by atoms with Gasteiger partial charge in [-0.3, -0.25) is 0 Å². The van der Waals surface area contributed by atoms with Crippen molar-refractivity contribution in [3.63, 3.8) is 0 Å². The molecule has 1 aliphatic rings. The molecule has 0 spiro atoms. The molecule has 0 saturated carbocycles. The number of fused-ring (bicyclic) bond motifs is 1. The van der Waals surface area contributed by atoms with Gasteiger partial charge in [0, 0.05) is 4.47 Å². The lowest BCUT2D eigenvalue weighted by atomic mass is 9.96. The minimum absolute atomic E-state index is 0.221. The second-order valence-corrected chi connectivity index (χ2v) is 5.71. The third-order valence-corrected chi connectivity index (χ3v) is 4.10. The number of benzene rings is 2. The maximum atomic E-state index is 5.48. The van der Waals surface area contributed by atoms with Gasteiger partial charge in [-0.1, -0.05) is 46.3 Å². The standard InChI is InChI=1S/C16H16BrNO/c1-18-16(11-4-6-15(17)7-5-11)12-2-3-13-9-19-10-14(13)8-12/h2-8,16,18H,9-10H2,1H3. The lowest BCUT2D eigenvalue weighted by Crippen LogP contribution is -2.17. The average Bonchev–Trinajstić information content (AvgIpc) is 2.89. The quantitative estimate of drug-likeness (QED) is 0.930. The summed E-state index contributed by atoms with van der Waals surface area (Å²) in [6.07, 6.45) is 0. The molecule has 2 aromatic rings. The van der Waals surface area contributed by atoms with E-state index in [0.717, 1.165) is 17.7 Å². The molecular formula is C16H16BrNO. The topological polar surface area (TPSA) is 21.3 Å². The number of halogens is 1. The van der Waals surface area contributed by atoms with E-state index in [-0.39, 0.29) is 6.04 Å². The second-order valence-electron chi connectivity index (χ2n) is 4.79. The predicted octanol–water partition coefficient (Wildman–Crippen LogP) is 3.79. The van der Waals surface area contributed by atoms with Gasteiger partial charge in [-0.2, -0.15) is 0 Å². The Bertz CT molecular complexity index is 580. The summed E-state index contributed by atoms with van der Waals surface area (Å²) < 4.78 is 6.58. The van der Waals surface area contributed by atoms with Crippen LogP contribution >= 0.6 is 15.9 Å². The van der Waals surface area contributed by atoms with Crippen LogP contribution in [0, 0.1) is 0 Å². The fraction of sp³-hybridized carbons (Fsp3) is 0.250. The maximum Gasteiger partial charge on any atom is 0.0725 e. The van der Waals surface area contributed by atoms with E-state index in [4.69, 9.17) is 4.74 Å². The molecule has 3 heteroatoms. The Morgan fingerprint density at radius 3 is 2.42 bits per heavy atom. The smallest absolute Gasteiger partial charge is 0.0725 e. The van der Waals surface area contributed by atoms with Crippen molar-refractivity contribution in [1.29, 1.82) is 0 Å². The highest BCUT2D eigenvalue weighted by Gasteiger charge is 2.16. The Balaban J connectivity index is 1.96. The molecule has 19 heavy (non-hydrogen) atoms. The molecule has 0 fully saturated rings. The fourth-order valence-electron chi connectivity index (χ4n) is 2.55. The van der Waals surface area contributed by atoms with Crippen molar-refractivity contribution in [2.24, 2.45) is 0 Å². The first-order chi connectivity index (χ1) is 9.28. The van der Waals surface area contributed by atoms with Crippen LogP contribution in [0.4, 0.5) is 0 Å². The largest absolute Gasteiger partial charge is 0.372 e. The molecular weight excluding hydrogens is 302 g/mol. The van der Waals surface area contributed by atoms with Gasteiger partial charge < -0.3 is 10.1 Å². The monoisotopic (exact) mass is 317 g/mol. The highest BCUT2D eigenvalue weighted by molar-refractivity contribution is 9.10. The molecule has 2 aromatic carbocycles. The molecule has 0 bridgehead atoms. The van der Waals surface area contributed by atoms with E-state index in [0.29, 0.717) is 0 Å². The van der Waals surface area contributed by atoms with Crippen molar-refractivity contribution < 1.29 is 4.74 Å². The van der Waals surface area contributed by atoms with Gasteiger partial charge in [0.25, 0.3) is 0 Å². The lowest BCUT2D eigenvalue weighted by Gasteiger charge is -2.18. The molecule has 0 saturated heterocycles. The SMILES string of the molecule is CNC(c1ccc(Br)cc1)c1ccc2c(c1)COC2. The Hall–Kier alpha value is -1.16. The van der Waals surface area contributed by atoms with E-state index < -0.39 is 0 Å². The molecule has 2 nitrogen and oxygen atoms in total. The first kappa shape index (κ1) is 12.9. The zero-order valence-corrected chi connectivity index (χ0v) is 12.4. The third kappa shape index (κ3) is 2.59. The summed E-state index contributed by atoms with van der Waals surface area (Å²) in [6.45, 7) is 1.48. The molecule has 3 rings (SSSR count). The Kier molecular flexibility index (Phi) is 3.69. The summed E-state index contributed by atoms with van der Waals surface area (Å²) in [5.41, 5.74) is 5.18. The average molecular weight is 318 g/mol. The molecule has 98 valence electrons.